The van der Waals surface area contributed by atoms with Gasteiger partial charge in [0.2, 0.25) is 0 Å². The van der Waals surface area contributed by atoms with E-state index in [9.17, 15) is 0 Å². The highest BCUT2D eigenvalue weighted by molar-refractivity contribution is 5.40. The summed E-state index contributed by atoms with van der Waals surface area (Å²) in [5.41, 5.74) is 7.60. The molecule has 2 N–H and O–H groups in total. The summed E-state index contributed by atoms with van der Waals surface area (Å²) in [6.07, 6.45) is 1.47. The zero-order chi connectivity index (χ0) is 7.68. The van der Waals surface area contributed by atoms with Gasteiger partial charge in [0.25, 0.3) is 0 Å². The molecule has 11 heavy (non-hydrogen) atoms. The van der Waals surface area contributed by atoms with Gasteiger partial charge >= 0.3 is 0 Å². The molecular weight excluding hydrogens is 138 g/mol. The van der Waals surface area contributed by atoms with Crippen LogP contribution in [-0.4, -0.2) is 6.61 Å². The minimum absolute atomic E-state index is 0.329. The van der Waals surface area contributed by atoms with E-state index in [0.29, 0.717) is 6.10 Å². The van der Waals surface area contributed by atoms with Crippen LogP contribution < -0.4 is 5.73 Å². The second-order valence-electron chi connectivity index (χ2n) is 2.81. The lowest BCUT2D eigenvalue weighted by Crippen LogP contribution is -2.17. The zero-order valence-electron chi connectivity index (χ0n) is 6.29. The molecule has 0 radical (unpaired) electrons. The summed E-state index contributed by atoms with van der Waals surface area (Å²) in [6.45, 7) is 0.898. The van der Waals surface area contributed by atoms with Crippen molar-refractivity contribution in [2.24, 2.45) is 0 Å². The number of hydrogen-bond donors (Lipinski definition) is 1. The summed E-state index contributed by atoms with van der Waals surface area (Å²) < 4.78 is 5.32. The number of rotatable bonds is 1. The van der Waals surface area contributed by atoms with Gasteiger partial charge in [-0.2, -0.15) is 0 Å². The fourth-order valence-electron chi connectivity index (χ4n) is 1.21. The van der Waals surface area contributed by atoms with Crippen molar-refractivity contribution in [2.75, 3.05) is 12.3 Å². The Labute approximate surface area is 66.0 Å². The van der Waals surface area contributed by atoms with Gasteiger partial charge in [0, 0.05) is 12.1 Å². The van der Waals surface area contributed by atoms with Crippen LogP contribution in [0.3, 0.4) is 0 Å². The van der Waals surface area contributed by atoms with Crippen LogP contribution in [0.15, 0.2) is 24.3 Å². The van der Waals surface area contributed by atoms with Gasteiger partial charge in [0.15, 0.2) is 0 Å². The molecular formula is C9H11NO. The summed E-state index contributed by atoms with van der Waals surface area (Å²) >= 11 is 0. The summed E-state index contributed by atoms with van der Waals surface area (Å²) in [7, 11) is 0. The monoisotopic (exact) mass is 149 g/mol. The van der Waals surface area contributed by atoms with Gasteiger partial charge in [-0.15, -0.1) is 0 Å². The van der Waals surface area contributed by atoms with E-state index >= 15 is 0 Å². The molecule has 2 nitrogen and oxygen atoms in total. The zero-order valence-corrected chi connectivity index (χ0v) is 6.29. The minimum Gasteiger partial charge on any atom is -0.399 e. The quantitative estimate of drug-likeness (QED) is 0.617. The van der Waals surface area contributed by atoms with Gasteiger partial charge in [0.05, 0.1) is 12.7 Å². The molecule has 0 amide bonds. The van der Waals surface area contributed by atoms with Crippen molar-refractivity contribution in [3.63, 3.8) is 0 Å². The smallest absolute Gasteiger partial charge is 0.0846 e. The molecule has 0 aliphatic carbocycles. The van der Waals surface area contributed by atoms with E-state index < -0.39 is 0 Å². The third-order valence-electron chi connectivity index (χ3n) is 2.01. The minimum atomic E-state index is 0.329. The van der Waals surface area contributed by atoms with Crippen LogP contribution in [0.1, 0.15) is 18.1 Å². The first-order chi connectivity index (χ1) is 5.36. The van der Waals surface area contributed by atoms with Crippen molar-refractivity contribution in [1.82, 2.24) is 0 Å². The fourth-order valence-corrected chi connectivity index (χ4v) is 1.21. The van der Waals surface area contributed by atoms with Crippen molar-refractivity contribution in [1.29, 1.82) is 0 Å². The summed E-state index contributed by atoms with van der Waals surface area (Å²) in [5, 5.41) is 0. The molecule has 1 aromatic carbocycles. The Hall–Kier alpha value is -1.02. The number of benzene rings is 1. The molecule has 1 aliphatic rings. The largest absolute Gasteiger partial charge is 0.399 e. The molecule has 1 aliphatic heterocycles. The van der Waals surface area contributed by atoms with Crippen LogP contribution in [0.25, 0.3) is 0 Å². The third kappa shape index (κ3) is 1.21. The predicted molar refractivity (Wildman–Crippen MR) is 44.2 cm³/mol. The Bertz CT molecular complexity index is 238. The Morgan fingerprint density at radius 2 is 1.91 bits per heavy atom. The molecule has 58 valence electrons. The molecule has 1 aromatic rings. The van der Waals surface area contributed by atoms with E-state index in [1.54, 1.807) is 0 Å². The molecule has 0 spiro atoms. The molecule has 0 bridgehead atoms. The highest BCUT2D eigenvalue weighted by atomic mass is 16.5. The standard InChI is InChI=1S/C9H11NO/c10-8-3-1-7(2-4-8)9-5-6-11-9/h1-4,9H,5-6,10H2. The average molecular weight is 149 g/mol. The molecule has 1 heterocycles. The van der Waals surface area contributed by atoms with E-state index in [1.165, 1.54) is 5.56 Å². The highest BCUT2D eigenvalue weighted by Crippen LogP contribution is 2.29. The van der Waals surface area contributed by atoms with E-state index in [0.717, 1.165) is 18.7 Å². The van der Waals surface area contributed by atoms with Crippen molar-refractivity contribution < 1.29 is 4.74 Å². The lowest BCUT2D eigenvalue weighted by atomic mass is 10.0. The topological polar surface area (TPSA) is 35.2 Å². The lowest BCUT2D eigenvalue weighted by molar-refractivity contribution is -0.0527. The first-order valence-corrected chi connectivity index (χ1v) is 3.83. The summed E-state index contributed by atoms with van der Waals surface area (Å²) in [5.74, 6) is 0. The number of nitrogen functional groups attached to an aromatic ring is 1. The van der Waals surface area contributed by atoms with Crippen LogP contribution >= 0.6 is 0 Å². The van der Waals surface area contributed by atoms with Crippen molar-refractivity contribution >= 4 is 5.69 Å². The van der Waals surface area contributed by atoms with E-state index in [4.69, 9.17) is 10.5 Å². The van der Waals surface area contributed by atoms with E-state index in [2.05, 4.69) is 0 Å². The number of nitrogens with two attached hydrogens (primary N) is 1. The van der Waals surface area contributed by atoms with Gasteiger partial charge in [-0.1, -0.05) is 12.1 Å². The average Bonchev–Trinajstić information content (AvgIpc) is 1.90. The third-order valence-corrected chi connectivity index (χ3v) is 2.01. The molecule has 0 aromatic heterocycles. The molecule has 2 rings (SSSR count). The molecule has 1 saturated heterocycles. The van der Waals surface area contributed by atoms with Crippen LogP contribution in [0.4, 0.5) is 5.69 Å². The van der Waals surface area contributed by atoms with Crippen LogP contribution in [0.2, 0.25) is 0 Å². The molecule has 2 heteroatoms. The molecule has 1 fully saturated rings. The van der Waals surface area contributed by atoms with E-state index in [1.807, 2.05) is 24.3 Å². The predicted octanol–water partition coefficient (Wildman–Crippen LogP) is 1.73. The van der Waals surface area contributed by atoms with Gasteiger partial charge < -0.3 is 10.5 Å². The summed E-state index contributed by atoms with van der Waals surface area (Å²) in [4.78, 5) is 0. The Morgan fingerprint density at radius 1 is 1.27 bits per heavy atom. The van der Waals surface area contributed by atoms with Gasteiger partial charge in [-0.05, 0) is 17.7 Å². The summed E-state index contributed by atoms with van der Waals surface area (Å²) in [6, 6.07) is 7.88. The first-order valence-electron chi connectivity index (χ1n) is 3.83. The second-order valence-corrected chi connectivity index (χ2v) is 2.81. The second kappa shape index (κ2) is 2.55. The van der Waals surface area contributed by atoms with Crippen LogP contribution in [0, 0.1) is 0 Å². The maximum absolute atomic E-state index is 5.55. The SMILES string of the molecule is Nc1ccc(C2CCO2)cc1. The lowest BCUT2D eigenvalue weighted by Gasteiger charge is -2.26. The fraction of sp³-hybridized carbons (Fsp3) is 0.333. The van der Waals surface area contributed by atoms with Crippen LogP contribution in [0.5, 0.6) is 0 Å². The van der Waals surface area contributed by atoms with Gasteiger partial charge in [0.1, 0.15) is 0 Å². The van der Waals surface area contributed by atoms with Crippen molar-refractivity contribution in [2.45, 2.75) is 12.5 Å². The number of anilines is 1. The van der Waals surface area contributed by atoms with Gasteiger partial charge in [-0.25, -0.2) is 0 Å². The van der Waals surface area contributed by atoms with Crippen LogP contribution in [-0.2, 0) is 4.74 Å². The molecule has 1 unspecified atom stereocenters. The number of hydrogen-bond acceptors (Lipinski definition) is 2. The maximum Gasteiger partial charge on any atom is 0.0846 e. The van der Waals surface area contributed by atoms with E-state index in [-0.39, 0.29) is 0 Å². The number of ether oxygens (including phenoxy) is 1. The Morgan fingerprint density at radius 3 is 2.36 bits per heavy atom. The highest BCUT2D eigenvalue weighted by Gasteiger charge is 2.19. The molecule has 1 atom stereocenters. The Balaban J connectivity index is 2.18. The Kier molecular flexibility index (Phi) is 1.55. The van der Waals surface area contributed by atoms with Crippen molar-refractivity contribution in [3.05, 3.63) is 29.8 Å². The molecule has 0 saturated carbocycles. The van der Waals surface area contributed by atoms with Gasteiger partial charge in [-0.3, -0.25) is 0 Å². The first kappa shape index (κ1) is 6.68. The normalized spacial score (nSPS) is 22.7. The van der Waals surface area contributed by atoms with Crippen molar-refractivity contribution in [3.8, 4) is 0 Å². The maximum atomic E-state index is 5.55.